The van der Waals surface area contributed by atoms with E-state index in [0.717, 1.165) is 11.4 Å². The SMILES string of the molecule is c1ccc2c(c1)ccc1cc(-c3ccc(Nc4ccc5c(c4)sc4ccccc45)cc3)ccc12. The van der Waals surface area contributed by atoms with Gasteiger partial charge in [0.1, 0.15) is 0 Å². The Bertz CT molecular complexity index is 1830. The number of nitrogens with one attached hydrogen (secondary N) is 1. The molecule has 0 aliphatic carbocycles. The fraction of sp³-hybridized carbons (Fsp3) is 0. The minimum Gasteiger partial charge on any atom is -0.355 e. The normalized spacial score (nSPS) is 11.5. The lowest BCUT2D eigenvalue weighted by Gasteiger charge is -2.10. The first kappa shape index (κ1) is 19.3. The predicted octanol–water partition coefficient (Wildman–Crippen LogP) is 9.77. The first-order valence-corrected chi connectivity index (χ1v) is 12.3. The topological polar surface area (TPSA) is 12.0 Å². The van der Waals surface area contributed by atoms with Gasteiger partial charge in [-0.1, -0.05) is 84.9 Å². The molecule has 0 amide bonds. The molecular formula is C32H21NS. The summed E-state index contributed by atoms with van der Waals surface area (Å²) in [5.74, 6) is 0. The second-order valence-electron chi connectivity index (χ2n) is 8.73. The molecule has 0 aliphatic heterocycles. The molecule has 34 heavy (non-hydrogen) atoms. The van der Waals surface area contributed by atoms with Gasteiger partial charge >= 0.3 is 0 Å². The average Bonchev–Trinajstić information content (AvgIpc) is 3.26. The Kier molecular flexibility index (Phi) is 4.39. The fourth-order valence-corrected chi connectivity index (χ4v) is 6.05. The highest BCUT2D eigenvalue weighted by Crippen LogP contribution is 2.36. The molecule has 2 heteroatoms. The van der Waals surface area contributed by atoms with E-state index in [-0.39, 0.29) is 0 Å². The van der Waals surface area contributed by atoms with Crippen LogP contribution in [0, 0.1) is 0 Å². The quantitative estimate of drug-likeness (QED) is 0.264. The molecule has 6 aromatic carbocycles. The van der Waals surface area contributed by atoms with Gasteiger partial charge in [0.15, 0.2) is 0 Å². The molecule has 0 saturated carbocycles. The molecule has 160 valence electrons. The van der Waals surface area contributed by atoms with Crippen LogP contribution in [0.3, 0.4) is 0 Å². The summed E-state index contributed by atoms with van der Waals surface area (Å²) in [6.45, 7) is 0. The molecule has 0 radical (unpaired) electrons. The second kappa shape index (κ2) is 7.72. The number of hydrogen-bond donors (Lipinski definition) is 1. The van der Waals surface area contributed by atoms with Crippen molar-refractivity contribution in [3.05, 3.63) is 121 Å². The maximum absolute atomic E-state index is 3.58. The maximum atomic E-state index is 3.58. The highest BCUT2D eigenvalue weighted by Gasteiger charge is 2.07. The molecule has 7 rings (SSSR count). The van der Waals surface area contributed by atoms with Gasteiger partial charge in [-0.25, -0.2) is 0 Å². The maximum Gasteiger partial charge on any atom is 0.0398 e. The molecule has 1 aromatic heterocycles. The van der Waals surface area contributed by atoms with Crippen molar-refractivity contribution in [2.45, 2.75) is 0 Å². The predicted molar refractivity (Wildman–Crippen MR) is 150 cm³/mol. The molecule has 0 aliphatic rings. The van der Waals surface area contributed by atoms with Crippen LogP contribution in [0.2, 0.25) is 0 Å². The van der Waals surface area contributed by atoms with Crippen molar-refractivity contribution in [3.63, 3.8) is 0 Å². The number of thiophene rings is 1. The summed E-state index contributed by atoms with van der Waals surface area (Å²) in [7, 11) is 0. The summed E-state index contributed by atoms with van der Waals surface area (Å²) in [6.07, 6.45) is 0. The molecule has 0 spiro atoms. The van der Waals surface area contributed by atoms with E-state index >= 15 is 0 Å². The Balaban J connectivity index is 1.18. The van der Waals surface area contributed by atoms with Gasteiger partial charge in [0.25, 0.3) is 0 Å². The van der Waals surface area contributed by atoms with Gasteiger partial charge in [0.05, 0.1) is 0 Å². The lowest BCUT2D eigenvalue weighted by atomic mass is 9.97. The summed E-state index contributed by atoms with van der Waals surface area (Å²) < 4.78 is 2.65. The van der Waals surface area contributed by atoms with Gasteiger partial charge in [-0.05, 0) is 69.1 Å². The van der Waals surface area contributed by atoms with Crippen LogP contribution in [-0.4, -0.2) is 0 Å². The third-order valence-corrected chi connectivity index (χ3v) is 7.76. The zero-order valence-corrected chi connectivity index (χ0v) is 19.3. The molecule has 1 nitrogen and oxygen atoms in total. The van der Waals surface area contributed by atoms with Crippen molar-refractivity contribution < 1.29 is 0 Å². The highest BCUT2D eigenvalue weighted by atomic mass is 32.1. The molecular weight excluding hydrogens is 430 g/mol. The fourth-order valence-electron chi connectivity index (χ4n) is 4.91. The second-order valence-corrected chi connectivity index (χ2v) is 9.82. The van der Waals surface area contributed by atoms with Crippen LogP contribution in [-0.2, 0) is 0 Å². The highest BCUT2D eigenvalue weighted by molar-refractivity contribution is 7.25. The summed E-state index contributed by atoms with van der Waals surface area (Å²) in [5.41, 5.74) is 4.67. The van der Waals surface area contributed by atoms with Crippen LogP contribution >= 0.6 is 11.3 Å². The number of benzene rings is 6. The first-order valence-electron chi connectivity index (χ1n) is 11.5. The van der Waals surface area contributed by atoms with E-state index in [1.807, 2.05) is 11.3 Å². The van der Waals surface area contributed by atoms with Crippen molar-refractivity contribution in [3.8, 4) is 11.1 Å². The Morgan fingerprint density at radius 2 is 1.06 bits per heavy atom. The molecule has 0 unspecified atom stereocenters. The molecule has 7 aromatic rings. The van der Waals surface area contributed by atoms with Gasteiger partial charge < -0.3 is 5.32 Å². The van der Waals surface area contributed by atoms with E-state index in [0.29, 0.717) is 0 Å². The zero-order chi connectivity index (χ0) is 22.5. The number of hydrogen-bond acceptors (Lipinski definition) is 2. The van der Waals surface area contributed by atoms with E-state index in [9.17, 15) is 0 Å². The smallest absolute Gasteiger partial charge is 0.0398 e. The van der Waals surface area contributed by atoms with E-state index in [1.165, 1.54) is 52.8 Å². The third-order valence-electron chi connectivity index (χ3n) is 6.63. The van der Waals surface area contributed by atoms with Gasteiger partial charge in [0.2, 0.25) is 0 Å². The van der Waals surface area contributed by atoms with E-state index < -0.39 is 0 Å². The van der Waals surface area contributed by atoms with Crippen molar-refractivity contribution in [2.75, 3.05) is 5.32 Å². The minimum atomic E-state index is 1.09. The van der Waals surface area contributed by atoms with Crippen LogP contribution in [0.4, 0.5) is 11.4 Å². The largest absolute Gasteiger partial charge is 0.355 e. The van der Waals surface area contributed by atoms with Crippen molar-refractivity contribution in [1.82, 2.24) is 0 Å². The summed E-state index contributed by atoms with van der Waals surface area (Å²) >= 11 is 1.85. The van der Waals surface area contributed by atoms with Gasteiger partial charge in [-0.2, -0.15) is 0 Å². The lowest BCUT2D eigenvalue weighted by molar-refractivity contribution is 1.56. The standard InChI is InChI=1S/C32H21NS/c1-2-6-27-22(5-1)9-10-24-19-23(13-17-28(24)27)21-11-14-25(15-12-21)33-26-16-18-30-29-7-3-4-8-31(29)34-32(30)20-26/h1-20,33H. The first-order chi connectivity index (χ1) is 16.8. The Morgan fingerprint density at radius 3 is 1.97 bits per heavy atom. The Morgan fingerprint density at radius 1 is 0.412 bits per heavy atom. The molecule has 1 heterocycles. The molecule has 0 atom stereocenters. The summed E-state index contributed by atoms with van der Waals surface area (Å²) in [5, 5.41) is 11.4. The monoisotopic (exact) mass is 451 g/mol. The van der Waals surface area contributed by atoms with Crippen LogP contribution in [0.15, 0.2) is 121 Å². The Hall–Kier alpha value is -4.14. The number of rotatable bonds is 3. The molecule has 0 fully saturated rings. The van der Waals surface area contributed by atoms with Gasteiger partial charge in [-0.3, -0.25) is 0 Å². The third kappa shape index (κ3) is 3.23. The average molecular weight is 452 g/mol. The van der Waals surface area contributed by atoms with E-state index in [2.05, 4.69) is 127 Å². The molecule has 0 bridgehead atoms. The molecule has 0 saturated heterocycles. The van der Waals surface area contributed by atoms with E-state index in [4.69, 9.17) is 0 Å². The van der Waals surface area contributed by atoms with Crippen molar-refractivity contribution >= 4 is 64.4 Å². The van der Waals surface area contributed by atoms with Crippen LogP contribution < -0.4 is 5.32 Å². The van der Waals surface area contributed by atoms with Crippen LogP contribution in [0.5, 0.6) is 0 Å². The summed E-state index contributed by atoms with van der Waals surface area (Å²) in [4.78, 5) is 0. The zero-order valence-electron chi connectivity index (χ0n) is 18.5. The van der Waals surface area contributed by atoms with Crippen LogP contribution in [0.25, 0.3) is 52.8 Å². The van der Waals surface area contributed by atoms with Gasteiger partial charge in [0, 0.05) is 31.5 Å². The summed E-state index contributed by atoms with van der Waals surface area (Å²) in [6, 6.07) is 43.8. The van der Waals surface area contributed by atoms with Crippen LogP contribution in [0.1, 0.15) is 0 Å². The Labute approximate surface area is 201 Å². The van der Waals surface area contributed by atoms with Gasteiger partial charge in [-0.15, -0.1) is 11.3 Å². The number of fused-ring (bicyclic) bond motifs is 6. The van der Waals surface area contributed by atoms with Crippen molar-refractivity contribution in [2.24, 2.45) is 0 Å². The van der Waals surface area contributed by atoms with Crippen molar-refractivity contribution in [1.29, 1.82) is 0 Å². The minimum absolute atomic E-state index is 1.09. The lowest BCUT2D eigenvalue weighted by Crippen LogP contribution is -1.89. The number of anilines is 2. The van der Waals surface area contributed by atoms with E-state index in [1.54, 1.807) is 0 Å². The molecule has 1 N–H and O–H groups in total.